The Balaban J connectivity index is 1.88. The lowest BCUT2D eigenvalue weighted by Gasteiger charge is -2.09. The van der Waals surface area contributed by atoms with Crippen LogP contribution < -0.4 is 10.6 Å². The summed E-state index contributed by atoms with van der Waals surface area (Å²) < 4.78 is 5.55. The van der Waals surface area contributed by atoms with Gasteiger partial charge < -0.3 is 15.4 Å². The molecule has 0 atom stereocenters. The zero-order valence-electron chi connectivity index (χ0n) is 15.9. The molecular formula is C18H22N4O4S2. The minimum atomic E-state index is -0.489. The maximum atomic E-state index is 12.2. The third kappa shape index (κ3) is 6.93. The molecule has 0 bridgehead atoms. The maximum Gasteiger partial charge on any atom is 0.340 e. The molecule has 2 aromatic rings. The van der Waals surface area contributed by atoms with Gasteiger partial charge in [0, 0.05) is 6.42 Å². The van der Waals surface area contributed by atoms with E-state index in [-0.39, 0.29) is 30.1 Å². The number of ether oxygens (including phenoxy) is 1. The molecule has 10 heteroatoms. The van der Waals surface area contributed by atoms with Crippen LogP contribution in [0.5, 0.6) is 0 Å². The van der Waals surface area contributed by atoms with E-state index in [0.29, 0.717) is 27.1 Å². The Morgan fingerprint density at radius 3 is 2.61 bits per heavy atom. The van der Waals surface area contributed by atoms with Crippen molar-refractivity contribution in [2.75, 3.05) is 23.0 Å². The largest absolute Gasteiger partial charge is 0.462 e. The van der Waals surface area contributed by atoms with Gasteiger partial charge >= 0.3 is 5.97 Å². The van der Waals surface area contributed by atoms with Crippen molar-refractivity contribution in [1.82, 2.24) is 10.2 Å². The number of para-hydroxylation sites is 1. The lowest BCUT2D eigenvalue weighted by Crippen LogP contribution is -2.17. The summed E-state index contributed by atoms with van der Waals surface area (Å²) in [5.41, 5.74) is 0.694. The van der Waals surface area contributed by atoms with E-state index in [1.54, 1.807) is 31.2 Å². The van der Waals surface area contributed by atoms with E-state index >= 15 is 0 Å². The molecule has 28 heavy (non-hydrogen) atoms. The van der Waals surface area contributed by atoms with Gasteiger partial charge in [0.15, 0.2) is 4.34 Å². The second-order valence-electron chi connectivity index (χ2n) is 6.12. The molecule has 2 amide bonds. The van der Waals surface area contributed by atoms with Gasteiger partial charge in [0.25, 0.3) is 0 Å². The highest BCUT2D eigenvalue weighted by atomic mass is 32.2. The van der Waals surface area contributed by atoms with Crippen LogP contribution in [0.1, 0.15) is 37.6 Å². The first kappa shape index (κ1) is 21.8. The normalized spacial score (nSPS) is 10.6. The van der Waals surface area contributed by atoms with Crippen LogP contribution in [0, 0.1) is 5.92 Å². The molecule has 0 spiro atoms. The van der Waals surface area contributed by atoms with Crippen molar-refractivity contribution < 1.29 is 19.1 Å². The second kappa shape index (κ2) is 10.8. The van der Waals surface area contributed by atoms with Gasteiger partial charge in [-0.1, -0.05) is 49.1 Å². The number of rotatable bonds is 9. The van der Waals surface area contributed by atoms with Crippen molar-refractivity contribution in [3.63, 3.8) is 0 Å². The fraction of sp³-hybridized carbons (Fsp3) is 0.389. The fourth-order valence-electron chi connectivity index (χ4n) is 2.15. The quantitative estimate of drug-likeness (QED) is 0.362. The van der Waals surface area contributed by atoms with Gasteiger partial charge in [-0.15, -0.1) is 10.2 Å². The molecule has 0 aliphatic carbocycles. The van der Waals surface area contributed by atoms with Gasteiger partial charge in [-0.25, -0.2) is 4.79 Å². The maximum absolute atomic E-state index is 12.2. The number of hydrogen-bond acceptors (Lipinski definition) is 8. The third-order valence-electron chi connectivity index (χ3n) is 3.27. The summed E-state index contributed by atoms with van der Waals surface area (Å²) in [4.78, 5) is 35.9. The molecule has 150 valence electrons. The Morgan fingerprint density at radius 2 is 1.89 bits per heavy atom. The zero-order chi connectivity index (χ0) is 20.5. The number of thioether (sulfide) groups is 1. The van der Waals surface area contributed by atoms with E-state index in [1.165, 1.54) is 23.1 Å². The lowest BCUT2D eigenvalue weighted by atomic mass is 10.1. The highest BCUT2D eigenvalue weighted by Crippen LogP contribution is 2.26. The first-order chi connectivity index (χ1) is 13.4. The van der Waals surface area contributed by atoms with Crippen molar-refractivity contribution in [3.05, 3.63) is 29.8 Å². The molecule has 2 N–H and O–H groups in total. The van der Waals surface area contributed by atoms with Gasteiger partial charge in [0.2, 0.25) is 16.9 Å². The van der Waals surface area contributed by atoms with Crippen LogP contribution in [0.4, 0.5) is 10.8 Å². The van der Waals surface area contributed by atoms with Crippen LogP contribution in [0.2, 0.25) is 0 Å². The summed E-state index contributed by atoms with van der Waals surface area (Å²) in [5.74, 6) is -0.551. The van der Waals surface area contributed by atoms with E-state index in [9.17, 15) is 14.4 Å². The standard InChI is InChI=1S/C18H22N4O4S2/c1-4-26-16(25)12-7-5-6-8-13(12)19-15(24)10-27-18-22-21-17(28-18)20-14(23)9-11(2)3/h5-8,11H,4,9-10H2,1-3H3,(H,19,24)(H,20,21,23). The van der Waals surface area contributed by atoms with Gasteiger partial charge in [-0.05, 0) is 25.0 Å². The molecule has 0 saturated heterocycles. The molecular weight excluding hydrogens is 400 g/mol. The highest BCUT2D eigenvalue weighted by Gasteiger charge is 2.15. The molecule has 0 saturated carbocycles. The number of esters is 1. The van der Waals surface area contributed by atoms with Crippen molar-refractivity contribution in [2.45, 2.75) is 31.5 Å². The molecule has 1 aromatic heterocycles. The van der Waals surface area contributed by atoms with E-state index in [1.807, 2.05) is 13.8 Å². The predicted molar refractivity (Wildman–Crippen MR) is 110 cm³/mol. The number of carbonyl (C=O) groups is 3. The smallest absolute Gasteiger partial charge is 0.340 e. The molecule has 0 aliphatic rings. The van der Waals surface area contributed by atoms with E-state index in [4.69, 9.17) is 4.74 Å². The Labute approximate surface area is 171 Å². The number of nitrogens with zero attached hydrogens (tertiary/aromatic N) is 2. The Morgan fingerprint density at radius 1 is 1.14 bits per heavy atom. The summed E-state index contributed by atoms with van der Waals surface area (Å²) in [6.45, 7) is 5.89. The zero-order valence-corrected chi connectivity index (χ0v) is 17.5. The number of benzene rings is 1. The summed E-state index contributed by atoms with van der Waals surface area (Å²) >= 11 is 2.41. The van der Waals surface area contributed by atoms with Gasteiger partial charge in [-0.3, -0.25) is 9.59 Å². The summed E-state index contributed by atoms with van der Waals surface area (Å²) in [7, 11) is 0. The number of amides is 2. The van der Waals surface area contributed by atoms with Gasteiger partial charge in [0.05, 0.1) is 23.6 Å². The minimum absolute atomic E-state index is 0.0890. The molecule has 1 aromatic carbocycles. The van der Waals surface area contributed by atoms with Crippen molar-refractivity contribution in [3.8, 4) is 0 Å². The molecule has 0 unspecified atom stereocenters. The van der Waals surface area contributed by atoms with Crippen LogP contribution in [0.15, 0.2) is 28.6 Å². The van der Waals surface area contributed by atoms with Crippen LogP contribution in [-0.4, -0.2) is 40.3 Å². The second-order valence-corrected chi connectivity index (χ2v) is 8.32. The van der Waals surface area contributed by atoms with E-state index < -0.39 is 5.97 Å². The predicted octanol–water partition coefficient (Wildman–Crippen LogP) is 3.43. The van der Waals surface area contributed by atoms with E-state index in [2.05, 4.69) is 20.8 Å². The molecule has 0 aliphatic heterocycles. The van der Waals surface area contributed by atoms with Crippen LogP contribution in [-0.2, 0) is 14.3 Å². The Kier molecular flexibility index (Phi) is 8.40. The summed E-state index contributed by atoms with van der Waals surface area (Å²) in [6.07, 6.45) is 0.407. The van der Waals surface area contributed by atoms with Crippen LogP contribution in [0.3, 0.4) is 0 Å². The monoisotopic (exact) mass is 422 g/mol. The van der Waals surface area contributed by atoms with Crippen LogP contribution >= 0.6 is 23.1 Å². The molecule has 8 nitrogen and oxygen atoms in total. The molecule has 1 heterocycles. The van der Waals surface area contributed by atoms with Crippen molar-refractivity contribution in [2.24, 2.45) is 5.92 Å². The first-order valence-corrected chi connectivity index (χ1v) is 10.5. The molecule has 2 rings (SSSR count). The van der Waals surface area contributed by atoms with Gasteiger partial charge in [0.1, 0.15) is 0 Å². The lowest BCUT2D eigenvalue weighted by molar-refractivity contribution is -0.117. The molecule has 0 fully saturated rings. The fourth-order valence-corrected chi connectivity index (χ4v) is 3.72. The van der Waals surface area contributed by atoms with Crippen molar-refractivity contribution in [1.29, 1.82) is 0 Å². The topological polar surface area (TPSA) is 110 Å². The number of aromatic nitrogens is 2. The number of carbonyl (C=O) groups excluding carboxylic acids is 3. The SMILES string of the molecule is CCOC(=O)c1ccccc1NC(=O)CSc1nnc(NC(=O)CC(C)C)s1. The highest BCUT2D eigenvalue weighted by molar-refractivity contribution is 8.01. The van der Waals surface area contributed by atoms with E-state index in [0.717, 1.165) is 0 Å². The average molecular weight is 423 g/mol. The summed E-state index contributed by atoms with van der Waals surface area (Å²) in [5, 5.41) is 13.7. The Hall–Kier alpha value is -2.46. The number of nitrogens with one attached hydrogen (secondary N) is 2. The third-order valence-corrected chi connectivity index (χ3v) is 5.24. The average Bonchev–Trinajstić information content (AvgIpc) is 3.07. The van der Waals surface area contributed by atoms with Crippen LogP contribution in [0.25, 0.3) is 0 Å². The number of hydrogen-bond donors (Lipinski definition) is 2. The molecule has 0 radical (unpaired) electrons. The summed E-state index contributed by atoms with van der Waals surface area (Å²) in [6, 6.07) is 6.66. The number of anilines is 2. The first-order valence-electron chi connectivity index (χ1n) is 8.71. The van der Waals surface area contributed by atoms with Gasteiger partial charge in [-0.2, -0.15) is 0 Å². The van der Waals surface area contributed by atoms with Crippen molar-refractivity contribution >= 4 is 51.7 Å². The Bertz CT molecular complexity index is 838. The minimum Gasteiger partial charge on any atom is -0.462 e.